The normalized spacial score (nSPS) is 26.7. The summed E-state index contributed by atoms with van der Waals surface area (Å²) in [6.07, 6.45) is 2.64. The molecule has 1 saturated heterocycles. The summed E-state index contributed by atoms with van der Waals surface area (Å²) in [7, 11) is 0. The molecule has 1 aliphatic heterocycles. The highest BCUT2D eigenvalue weighted by Crippen LogP contribution is 2.15. The van der Waals surface area contributed by atoms with Crippen molar-refractivity contribution < 1.29 is 0 Å². The Bertz CT molecular complexity index is 271. The first-order chi connectivity index (χ1) is 7.34. The lowest BCUT2D eigenvalue weighted by Crippen LogP contribution is -2.39. The predicted molar refractivity (Wildman–Crippen MR) is 66.2 cm³/mol. The molecule has 15 heavy (non-hydrogen) atoms. The van der Waals surface area contributed by atoms with E-state index >= 15 is 0 Å². The molecule has 2 atom stereocenters. The molecule has 84 valence electrons. The minimum atomic E-state index is 0.701. The third-order valence-corrected chi connectivity index (χ3v) is 3.92. The molecule has 1 aliphatic rings. The monoisotopic (exact) mass is 224 g/mol. The lowest BCUT2D eigenvalue weighted by Gasteiger charge is -2.28. The fraction of sp³-hybridized carbons (Fsp3) is 0.667. The fourth-order valence-electron chi connectivity index (χ4n) is 2.23. The lowest BCUT2D eigenvalue weighted by molar-refractivity contribution is 0.304. The first-order valence-electron chi connectivity index (χ1n) is 5.81. The van der Waals surface area contributed by atoms with Crippen molar-refractivity contribution in [1.82, 2.24) is 10.6 Å². The van der Waals surface area contributed by atoms with E-state index in [0.717, 1.165) is 12.5 Å². The van der Waals surface area contributed by atoms with Gasteiger partial charge in [0.1, 0.15) is 0 Å². The van der Waals surface area contributed by atoms with Crippen LogP contribution >= 0.6 is 11.3 Å². The second kappa shape index (κ2) is 5.64. The van der Waals surface area contributed by atoms with E-state index in [1.54, 1.807) is 0 Å². The van der Waals surface area contributed by atoms with Crippen molar-refractivity contribution in [3.8, 4) is 0 Å². The molecule has 0 saturated carbocycles. The largest absolute Gasteiger partial charge is 0.314 e. The van der Waals surface area contributed by atoms with Crippen molar-refractivity contribution in [2.75, 3.05) is 13.1 Å². The van der Waals surface area contributed by atoms with E-state index in [-0.39, 0.29) is 0 Å². The van der Waals surface area contributed by atoms with Crippen molar-refractivity contribution in [3.05, 3.63) is 22.4 Å². The summed E-state index contributed by atoms with van der Waals surface area (Å²) in [5.74, 6) is 0.862. The molecule has 0 radical (unpaired) electrons. The Labute approximate surface area is 96.1 Å². The quantitative estimate of drug-likeness (QED) is 0.819. The van der Waals surface area contributed by atoms with Gasteiger partial charge in [-0.05, 0) is 50.2 Å². The molecule has 2 unspecified atom stereocenters. The van der Waals surface area contributed by atoms with E-state index in [9.17, 15) is 0 Å². The molecule has 0 spiro atoms. The van der Waals surface area contributed by atoms with E-state index in [1.807, 2.05) is 11.3 Å². The van der Waals surface area contributed by atoms with E-state index < -0.39 is 0 Å². The summed E-state index contributed by atoms with van der Waals surface area (Å²) in [4.78, 5) is 1.44. The van der Waals surface area contributed by atoms with Crippen molar-refractivity contribution >= 4 is 11.3 Å². The van der Waals surface area contributed by atoms with Crippen molar-refractivity contribution in [2.45, 2.75) is 32.4 Å². The van der Waals surface area contributed by atoms with Gasteiger partial charge in [0.2, 0.25) is 0 Å². The standard InChI is InChI=1S/C12H20N2S/c1-10-7-11(4-5-14-10)8-13-9-12-3-2-6-15-12/h2-3,6,10-11,13-14H,4-5,7-9H2,1H3. The van der Waals surface area contributed by atoms with Crippen LogP contribution in [-0.4, -0.2) is 19.1 Å². The van der Waals surface area contributed by atoms with Crippen molar-refractivity contribution in [2.24, 2.45) is 5.92 Å². The highest BCUT2D eigenvalue weighted by Gasteiger charge is 2.17. The van der Waals surface area contributed by atoms with Crippen LogP contribution in [0, 0.1) is 5.92 Å². The van der Waals surface area contributed by atoms with Crippen LogP contribution in [0.15, 0.2) is 17.5 Å². The highest BCUT2D eigenvalue weighted by molar-refractivity contribution is 7.09. The van der Waals surface area contributed by atoms with Crippen LogP contribution in [-0.2, 0) is 6.54 Å². The number of piperidine rings is 1. The first-order valence-corrected chi connectivity index (χ1v) is 6.69. The zero-order valence-electron chi connectivity index (χ0n) is 9.33. The molecule has 3 heteroatoms. The summed E-state index contributed by atoms with van der Waals surface area (Å²) < 4.78 is 0. The van der Waals surface area contributed by atoms with Gasteiger partial charge in [0.05, 0.1) is 0 Å². The predicted octanol–water partition coefficient (Wildman–Crippen LogP) is 2.23. The Morgan fingerprint density at radius 3 is 3.27 bits per heavy atom. The molecule has 2 nitrogen and oxygen atoms in total. The second-order valence-corrected chi connectivity index (χ2v) is 5.49. The smallest absolute Gasteiger partial charge is 0.0299 e. The molecule has 1 fully saturated rings. The zero-order chi connectivity index (χ0) is 10.5. The molecule has 2 rings (SSSR count). The molecule has 2 N–H and O–H groups in total. The van der Waals surface area contributed by atoms with Crippen LogP contribution in [0.4, 0.5) is 0 Å². The van der Waals surface area contributed by atoms with Crippen LogP contribution in [0.5, 0.6) is 0 Å². The van der Waals surface area contributed by atoms with Gasteiger partial charge in [-0.2, -0.15) is 0 Å². The van der Waals surface area contributed by atoms with Crippen LogP contribution in [0.3, 0.4) is 0 Å². The molecular formula is C12H20N2S. The first kappa shape index (κ1) is 11.1. The third-order valence-electron chi connectivity index (χ3n) is 3.04. The molecular weight excluding hydrogens is 204 g/mol. The SMILES string of the molecule is CC1CC(CNCc2cccs2)CCN1. The van der Waals surface area contributed by atoms with Gasteiger partial charge in [0, 0.05) is 17.5 Å². The molecule has 0 aliphatic carbocycles. The van der Waals surface area contributed by atoms with E-state index in [0.29, 0.717) is 6.04 Å². The lowest BCUT2D eigenvalue weighted by atomic mass is 9.93. The van der Waals surface area contributed by atoms with E-state index in [1.165, 1.54) is 30.8 Å². The van der Waals surface area contributed by atoms with Crippen LogP contribution in [0.1, 0.15) is 24.6 Å². The number of hydrogen-bond donors (Lipinski definition) is 2. The maximum absolute atomic E-state index is 3.56. The zero-order valence-corrected chi connectivity index (χ0v) is 10.1. The van der Waals surface area contributed by atoms with Gasteiger partial charge in [-0.15, -0.1) is 11.3 Å². The summed E-state index contributed by atoms with van der Waals surface area (Å²) in [6, 6.07) is 5.02. The van der Waals surface area contributed by atoms with Gasteiger partial charge in [-0.3, -0.25) is 0 Å². The molecule has 0 amide bonds. The Balaban J connectivity index is 1.65. The maximum Gasteiger partial charge on any atom is 0.0299 e. The van der Waals surface area contributed by atoms with Gasteiger partial charge >= 0.3 is 0 Å². The van der Waals surface area contributed by atoms with Crippen molar-refractivity contribution in [1.29, 1.82) is 0 Å². The number of rotatable bonds is 4. The van der Waals surface area contributed by atoms with Crippen molar-refractivity contribution in [3.63, 3.8) is 0 Å². The summed E-state index contributed by atoms with van der Waals surface area (Å²) in [6.45, 7) is 5.68. The molecule has 1 aromatic heterocycles. The summed E-state index contributed by atoms with van der Waals surface area (Å²) in [5, 5.41) is 9.19. The molecule has 2 heterocycles. The van der Waals surface area contributed by atoms with Gasteiger partial charge in [0.15, 0.2) is 0 Å². The second-order valence-electron chi connectivity index (χ2n) is 4.46. The van der Waals surface area contributed by atoms with Gasteiger partial charge in [-0.25, -0.2) is 0 Å². The van der Waals surface area contributed by atoms with Crippen LogP contribution < -0.4 is 10.6 Å². The topological polar surface area (TPSA) is 24.1 Å². The Hall–Kier alpha value is -0.380. The minimum Gasteiger partial charge on any atom is -0.314 e. The summed E-state index contributed by atoms with van der Waals surface area (Å²) >= 11 is 1.84. The van der Waals surface area contributed by atoms with E-state index in [2.05, 4.69) is 35.1 Å². The van der Waals surface area contributed by atoms with Gasteiger partial charge in [0.25, 0.3) is 0 Å². The summed E-state index contributed by atoms with van der Waals surface area (Å²) in [5.41, 5.74) is 0. The highest BCUT2D eigenvalue weighted by atomic mass is 32.1. The van der Waals surface area contributed by atoms with Gasteiger partial charge in [-0.1, -0.05) is 6.07 Å². The number of thiophene rings is 1. The Morgan fingerprint density at radius 1 is 1.60 bits per heavy atom. The number of hydrogen-bond acceptors (Lipinski definition) is 3. The van der Waals surface area contributed by atoms with Gasteiger partial charge < -0.3 is 10.6 Å². The average molecular weight is 224 g/mol. The Morgan fingerprint density at radius 2 is 2.53 bits per heavy atom. The Kier molecular flexibility index (Phi) is 4.18. The van der Waals surface area contributed by atoms with Crippen LogP contribution in [0.2, 0.25) is 0 Å². The fourth-order valence-corrected chi connectivity index (χ4v) is 2.91. The molecule has 0 bridgehead atoms. The third kappa shape index (κ3) is 3.59. The van der Waals surface area contributed by atoms with E-state index in [4.69, 9.17) is 0 Å². The average Bonchev–Trinajstić information content (AvgIpc) is 2.71. The molecule has 1 aromatic rings. The number of nitrogens with one attached hydrogen (secondary N) is 2. The van der Waals surface area contributed by atoms with Crippen LogP contribution in [0.25, 0.3) is 0 Å². The maximum atomic E-state index is 3.56. The minimum absolute atomic E-state index is 0.701. The molecule has 0 aromatic carbocycles.